The van der Waals surface area contributed by atoms with Gasteiger partial charge in [0.25, 0.3) is 11.8 Å². The number of carbonyl (C=O) groups excluding carboxylic acids is 3. The average Bonchev–Trinajstić information content (AvgIpc) is 2.88. The van der Waals surface area contributed by atoms with Crippen LogP contribution in [-0.2, 0) is 4.79 Å². The van der Waals surface area contributed by atoms with Gasteiger partial charge >= 0.3 is 0 Å². The molecule has 3 rings (SSSR count). The molecular formula is C26H32FN3O4. The highest BCUT2D eigenvalue weighted by Crippen LogP contribution is 2.25. The van der Waals surface area contributed by atoms with Gasteiger partial charge in [-0.05, 0) is 75.1 Å². The topological polar surface area (TPSA) is 79.0 Å². The van der Waals surface area contributed by atoms with Crippen molar-refractivity contribution in [3.63, 3.8) is 0 Å². The van der Waals surface area contributed by atoms with Gasteiger partial charge in [0.15, 0.2) is 0 Å². The lowest BCUT2D eigenvalue weighted by Gasteiger charge is -2.37. The number of methoxy groups -OCH3 is 1. The van der Waals surface area contributed by atoms with Crippen LogP contribution in [0.25, 0.3) is 0 Å². The Kier molecular flexibility index (Phi) is 8.62. The highest BCUT2D eigenvalue weighted by molar-refractivity contribution is 5.98. The molecule has 2 aromatic rings. The minimum atomic E-state index is -0.716. The molecule has 0 saturated carbocycles. The van der Waals surface area contributed by atoms with E-state index >= 15 is 0 Å². The molecule has 3 amide bonds. The van der Waals surface area contributed by atoms with Crippen LogP contribution in [0.1, 0.15) is 47.4 Å². The molecule has 1 atom stereocenters. The summed E-state index contributed by atoms with van der Waals surface area (Å²) < 4.78 is 18.5. The monoisotopic (exact) mass is 469 g/mol. The van der Waals surface area contributed by atoms with Crippen LogP contribution >= 0.6 is 0 Å². The van der Waals surface area contributed by atoms with Crippen molar-refractivity contribution < 1.29 is 23.5 Å². The molecule has 1 N–H and O–H groups in total. The van der Waals surface area contributed by atoms with Crippen LogP contribution in [0.2, 0.25) is 0 Å². The molecule has 7 nitrogen and oxygen atoms in total. The normalized spacial score (nSPS) is 14.9. The number of hydrogen-bond acceptors (Lipinski definition) is 4. The van der Waals surface area contributed by atoms with Crippen molar-refractivity contribution in [1.82, 2.24) is 15.1 Å². The average molecular weight is 470 g/mol. The SMILES string of the molecule is CCN(CC)C(=O)C(NC(=O)c1ccc(F)cc1)C1CCN(C(=O)c2cccc(OC)c2)CC1. The quantitative estimate of drug-likeness (QED) is 0.643. The maximum atomic E-state index is 13.3. The summed E-state index contributed by atoms with van der Waals surface area (Å²) in [4.78, 5) is 42.6. The maximum absolute atomic E-state index is 13.3. The Morgan fingerprint density at radius 3 is 2.29 bits per heavy atom. The van der Waals surface area contributed by atoms with E-state index in [2.05, 4.69) is 5.32 Å². The predicted molar refractivity (Wildman–Crippen MR) is 127 cm³/mol. The van der Waals surface area contributed by atoms with Crippen molar-refractivity contribution in [2.45, 2.75) is 32.7 Å². The van der Waals surface area contributed by atoms with E-state index in [0.29, 0.717) is 55.9 Å². The number of halogens is 1. The van der Waals surface area contributed by atoms with Gasteiger partial charge in [-0.1, -0.05) is 6.07 Å². The number of likely N-dealkylation sites (N-methyl/N-ethyl adjacent to an activating group) is 1. The zero-order valence-electron chi connectivity index (χ0n) is 19.9. The minimum absolute atomic E-state index is 0.0840. The number of rotatable bonds is 8. The first kappa shape index (κ1) is 25.2. The second-order valence-electron chi connectivity index (χ2n) is 8.33. The van der Waals surface area contributed by atoms with Crippen LogP contribution in [0.5, 0.6) is 5.75 Å². The van der Waals surface area contributed by atoms with Gasteiger partial charge < -0.3 is 19.9 Å². The number of amides is 3. The lowest BCUT2D eigenvalue weighted by Crippen LogP contribution is -2.54. The van der Waals surface area contributed by atoms with Crippen molar-refractivity contribution >= 4 is 17.7 Å². The summed E-state index contributed by atoms with van der Waals surface area (Å²) in [5.74, 6) is -0.570. The number of likely N-dealkylation sites (tertiary alicyclic amines) is 1. The van der Waals surface area contributed by atoms with Gasteiger partial charge in [0.2, 0.25) is 5.91 Å². The molecule has 0 spiro atoms. The molecular weight excluding hydrogens is 437 g/mol. The van der Waals surface area contributed by atoms with Crippen molar-refractivity contribution in [3.8, 4) is 5.75 Å². The molecule has 1 fully saturated rings. The number of nitrogens with zero attached hydrogens (tertiary/aromatic N) is 2. The zero-order chi connectivity index (χ0) is 24.7. The fraction of sp³-hybridized carbons (Fsp3) is 0.423. The largest absolute Gasteiger partial charge is 0.497 e. The molecule has 0 radical (unpaired) electrons. The van der Waals surface area contributed by atoms with E-state index in [9.17, 15) is 18.8 Å². The van der Waals surface area contributed by atoms with E-state index in [0.717, 1.165) is 0 Å². The van der Waals surface area contributed by atoms with E-state index in [1.165, 1.54) is 24.3 Å². The molecule has 1 saturated heterocycles. The van der Waals surface area contributed by atoms with Gasteiger partial charge in [-0.3, -0.25) is 14.4 Å². The first-order valence-corrected chi connectivity index (χ1v) is 11.7. The fourth-order valence-corrected chi connectivity index (χ4v) is 4.31. The predicted octanol–water partition coefficient (Wildman–Crippen LogP) is 3.35. The molecule has 1 aliphatic heterocycles. The Morgan fingerprint density at radius 1 is 1.06 bits per heavy atom. The minimum Gasteiger partial charge on any atom is -0.497 e. The number of hydrogen-bond donors (Lipinski definition) is 1. The van der Waals surface area contributed by atoms with E-state index in [-0.39, 0.29) is 17.7 Å². The molecule has 34 heavy (non-hydrogen) atoms. The highest BCUT2D eigenvalue weighted by atomic mass is 19.1. The first-order valence-electron chi connectivity index (χ1n) is 11.7. The molecule has 8 heteroatoms. The lowest BCUT2D eigenvalue weighted by atomic mass is 9.87. The summed E-state index contributed by atoms with van der Waals surface area (Å²) in [5.41, 5.74) is 0.850. The van der Waals surface area contributed by atoms with E-state index in [1.807, 2.05) is 13.8 Å². The summed E-state index contributed by atoms with van der Waals surface area (Å²) >= 11 is 0. The van der Waals surface area contributed by atoms with Crippen molar-refractivity contribution in [1.29, 1.82) is 0 Å². The summed E-state index contributed by atoms with van der Waals surface area (Å²) in [6, 6.07) is 11.6. The van der Waals surface area contributed by atoms with E-state index < -0.39 is 17.8 Å². The van der Waals surface area contributed by atoms with Crippen molar-refractivity contribution in [2.75, 3.05) is 33.3 Å². The molecule has 0 aromatic heterocycles. The molecule has 1 unspecified atom stereocenters. The van der Waals surface area contributed by atoms with E-state index in [4.69, 9.17) is 4.74 Å². The number of benzene rings is 2. The number of ether oxygens (including phenoxy) is 1. The molecule has 182 valence electrons. The molecule has 0 bridgehead atoms. The van der Waals surface area contributed by atoms with Gasteiger partial charge in [-0.2, -0.15) is 0 Å². The van der Waals surface area contributed by atoms with Crippen molar-refractivity contribution in [3.05, 3.63) is 65.5 Å². The zero-order valence-corrected chi connectivity index (χ0v) is 19.9. The third kappa shape index (κ3) is 5.92. The van der Waals surface area contributed by atoms with Gasteiger partial charge in [-0.15, -0.1) is 0 Å². The smallest absolute Gasteiger partial charge is 0.253 e. The second-order valence-corrected chi connectivity index (χ2v) is 8.33. The Morgan fingerprint density at radius 2 is 1.71 bits per heavy atom. The fourth-order valence-electron chi connectivity index (χ4n) is 4.31. The van der Waals surface area contributed by atoms with Crippen LogP contribution in [0.4, 0.5) is 4.39 Å². The van der Waals surface area contributed by atoms with Gasteiger partial charge in [0, 0.05) is 37.3 Å². The molecule has 2 aromatic carbocycles. The van der Waals surface area contributed by atoms with Gasteiger partial charge in [0.1, 0.15) is 17.6 Å². The number of piperidine rings is 1. The van der Waals surface area contributed by atoms with Crippen LogP contribution in [-0.4, -0.2) is 66.9 Å². The standard InChI is InChI=1S/C26H32FN3O4/c1-4-29(5-2)26(33)23(28-24(31)19-9-11-21(27)12-10-19)18-13-15-30(16-14-18)25(32)20-7-6-8-22(17-20)34-3/h6-12,17-18,23H,4-5,13-16H2,1-3H3,(H,28,31). The highest BCUT2D eigenvalue weighted by Gasteiger charge is 2.35. The van der Waals surface area contributed by atoms with Crippen LogP contribution in [0.3, 0.4) is 0 Å². The number of nitrogens with one attached hydrogen (secondary N) is 1. The van der Waals surface area contributed by atoms with Crippen LogP contribution < -0.4 is 10.1 Å². The summed E-state index contributed by atoms with van der Waals surface area (Å²) in [6.07, 6.45) is 1.16. The Bertz CT molecular complexity index is 999. The van der Waals surface area contributed by atoms with Gasteiger partial charge in [0.05, 0.1) is 7.11 Å². The Labute approximate surface area is 199 Å². The third-order valence-corrected chi connectivity index (χ3v) is 6.35. The summed E-state index contributed by atoms with van der Waals surface area (Å²) in [7, 11) is 1.56. The van der Waals surface area contributed by atoms with Crippen LogP contribution in [0, 0.1) is 11.7 Å². The molecule has 0 aliphatic carbocycles. The molecule has 1 aliphatic rings. The lowest BCUT2D eigenvalue weighted by molar-refractivity contribution is -0.134. The summed E-state index contributed by atoms with van der Waals surface area (Å²) in [6.45, 7) is 5.83. The summed E-state index contributed by atoms with van der Waals surface area (Å²) in [5, 5.41) is 2.89. The number of carbonyl (C=O) groups is 3. The second kappa shape index (κ2) is 11.6. The molecule has 1 heterocycles. The van der Waals surface area contributed by atoms with Crippen LogP contribution in [0.15, 0.2) is 48.5 Å². The Hall–Kier alpha value is -3.42. The van der Waals surface area contributed by atoms with Gasteiger partial charge in [-0.25, -0.2) is 4.39 Å². The maximum Gasteiger partial charge on any atom is 0.253 e. The first-order chi connectivity index (χ1) is 16.4. The third-order valence-electron chi connectivity index (χ3n) is 6.35. The Balaban J connectivity index is 1.72. The van der Waals surface area contributed by atoms with E-state index in [1.54, 1.807) is 41.2 Å². The van der Waals surface area contributed by atoms with Crippen molar-refractivity contribution in [2.24, 2.45) is 5.92 Å².